The van der Waals surface area contributed by atoms with Crippen molar-refractivity contribution < 1.29 is 14.3 Å². The van der Waals surface area contributed by atoms with Crippen molar-refractivity contribution in [1.82, 2.24) is 10.2 Å². The molecular weight excluding hydrogens is 316 g/mol. The number of hydrogen-bond donors (Lipinski definition) is 1. The van der Waals surface area contributed by atoms with E-state index in [2.05, 4.69) is 5.32 Å². The Morgan fingerprint density at radius 1 is 1.08 bits per heavy atom. The molecular formula is C20H28N2O3. The van der Waals surface area contributed by atoms with Crippen molar-refractivity contribution >= 4 is 17.9 Å². The van der Waals surface area contributed by atoms with Gasteiger partial charge in [0.05, 0.1) is 7.11 Å². The van der Waals surface area contributed by atoms with Gasteiger partial charge in [0.15, 0.2) is 0 Å². The first-order chi connectivity index (χ1) is 12.1. The van der Waals surface area contributed by atoms with Gasteiger partial charge in [0, 0.05) is 19.2 Å². The molecule has 2 rings (SSSR count). The highest BCUT2D eigenvalue weighted by molar-refractivity contribution is 5.95. The molecule has 0 aromatic heterocycles. The van der Waals surface area contributed by atoms with Gasteiger partial charge in [-0.15, -0.1) is 0 Å². The van der Waals surface area contributed by atoms with Crippen LogP contribution >= 0.6 is 0 Å². The number of amides is 2. The van der Waals surface area contributed by atoms with Gasteiger partial charge in [0.1, 0.15) is 11.8 Å². The van der Waals surface area contributed by atoms with E-state index in [0.29, 0.717) is 0 Å². The number of benzene rings is 1. The number of methoxy groups -OCH3 is 1. The Morgan fingerprint density at radius 3 is 2.28 bits per heavy atom. The molecule has 1 fully saturated rings. The summed E-state index contributed by atoms with van der Waals surface area (Å²) in [6.07, 6.45) is 8.88. The van der Waals surface area contributed by atoms with Crippen LogP contribution in [-0.2, 0) is 9.59 Å². The number of hydrogen-bond acceptors (Lipinski definition) is 3. The maximum Gasteiger partial charge on any atom is 0.244 e. The van der Waals surface area contributed by atoms with Crippen LogP contribution in [0, 0.1) is 0 Å². The molecule has 2 amide bonds. The molecule has 0 saturated carbocycles. The van der Waals surface area contributed by atoms with E-state index >= 15 is 0 Å². The smallest absolute Gasteiger partial charge is 0.244 e. The van der Waals surface area contributed by atoms with Crippen molar-refractivity contribution in [1.29, 1.82) is 0 Å². The zero-order valence-electron chi connectivity index (χ0n) is 15.2. The number of carbonyl (C=O) groups is 2. The van der Waals surface area contributed by atoms with Gasteiger partial charge < -0.3 is 15.0 Å². The van der Waals surface area contributed by atoms with Gasteiger partial charge in [-0.25, -0.2) is 0 Å². The lowest BCUT2D eigenvalue weighted by Gasteiger charge is -2.27. The normalized spacial score (nSPS) is 16.8. The molecule has 1 aromatic carbocycles. The number of nitrogens with zero attached hydrogens (tertiary/aromatic N) is 1. The molecule has 1 unspecified atom stereocenters. The fourth-order valence-corrected chi connectivity index (χ4v) is 2.95. The van der Waals surface area contributed by atoms with Crippen molar-refractivity contribution in [2.24, 2.45) is 0 Å². The first kappa shape index (κ1) is 19.0. The highest BCUT2D eigenvalue weighted by Gasteiger charge is 2.21. The van der Waals surface area contributed by atoms with E-state index in [4.69, 9.17) is 4.74 Å². The lowest BCUT2D eigenvalue weighted by molar-refractivity contribution is -0.135. The minimum Gasteiger partial charge on any atom is -0.497 e. The Kier molecular flexibility index (Phi) is 7.51. The second kappa shape index (κ2) is 9.87. The molecule has 5 nitrogen and oxygen atoms in total. The summed E-state index contributed by atoms with van der Waals surface area (Å²) < 4.78 is 5.10. The Morgan fingerprint density at radius 2 is 1.68 bits per heavy atom. The monoisotopic (exact) mass is 344 g/mol. The van der Waals surface area contributed by atoms with E-state index < -0.39 is 6.04 Å². The molecule has 1 aromatic rings. The minimum atomic E-state index is -0.507. The van der Waals surface area contributed by atoms with Crippen LogP contribution in [0.1, 0.15) is 44.6 Å². The molecule has 1 aliphatic heterocycles. The third-order valence-electron chi connectivity index (χ3n) is 4.44. The van der Waals surface area contributed by atoms with Crippen molar-refractivity contribution in [3.8, 4) is 5.75 Å². The van der Waals surface area contributed by atoms with Gasteiger partial charge in [-0.2, -0.15) is 0 Å². The summed E-state index contributed by atoms with van der Waals surface area (Å²) in [7, 11) is 1.61. The van der Waals surface area contributed by atoms with E-state index in [1.807, 2.05) is 29.2 Å². The molecule has 1 heterocycles. The van der Waals surface area contributed by atoms with Crippen molar-refractivity contribution in [3.63, 3.8) is 0 Å². The highest BCUT2D eigenvalue weighted by Crippen LogP contribution is 2.13. The molecule has 0 spiro atoms. The molecule has 136 valence electrons. The number of nitrogens with one attached hydrogen (secondary N) is 1. The predicted octanol–water partition coefficient (Wildman–Crippen LogP) is 3.01. The Bertz CT molecular complexity index is 587. The van der Waals surface area contributed by atoms with Crippen LogP contribution in [0.15, 0.2) is 30.3 Å². The minimum absolute atomic E-state index is 0.00750. The van der Waals surface area contributed by atoms with E-state index in [1.54, 1.807) is 20.1 Å². The predicted molar refractivity (Wildman–Crippen MR) is 99.3 cm³/mol. The van der Waals surface area contributed by atoms with Crippen LogP contribution in [0.5, 0.6) is 5.75 Å². The summed E-state index contributed by atoms with van der Waals surface area (Å²) in [5, 5.41) is 2.76. The van der Waals surface area contributed by atoms with E-state index in [9.17, 15) is 9.59 Å². The van der Waals surface area contributed by atoms with Crippen LogP contribution in [-0.4, -0.2) is 43.0 Å². The van der Waals surface area contributed by atoms with Gasteiger partial charge in [-0.05, 0) is 43.5 Å². The SMILES string of the molecule is COc1ccc(/C=C/C(=O)NC(C)C(=O)N2CCCCCCC2)cc1. The van der Waals surface area contributed by atoms with Crippen LogP contribution in [0.4, 0.5) is 0 Å². The second-order valence-electron chi connectivity index (χ2n) is 6.43. The van der Waals surface area contributed by atoms with Crippen molar-refractivity contribution in [2.75, 3.05) is 20.2 Å². The maximum atomic E-state index is 12.5. The molecule has 1 aliphatic rings. The zero-order valence-corrected chi connectivity index (χ0v) is 15.2. The summed E-state index contributed by atoms with van der Waals surface area (Å²) in [4.78, 5) is 26.5. The summed E-state index contributed by atoms with van der Waals surface area (Å²) in [5.74, 6) is 0.519. The summed E-state index contributed by atoms with van der Waals surface area (Å²) in [5.41, 5.74) is 0.902. The molecule has 1 saturated heterocycles. The third-order valence-corrected chi connectivity index (χ3v) is 4.44. The van der Waals surface area contributed by atoms with E-state index in [-0.39, 0.29) is 11.8 Å². The summed E-state index contributed by atoms with van der Waals surface area (Å²) in [6.45, 7) is 3.34. The molecule has 0 bridgehead atoms. The van der Waals surface area contributed by atoms with Crippen LogP contribution < -0.4 is 10.1 Å². The number of carbonyl (C=O) groups excluding carboxylic acids is 2. The average Bonchev–Trinajstić information content (AvgIpc) is 2.59. The maximum absolute atomic E-state index is 12.5. The van der Waals surface area contributed by atoms with Crippen molar-refractivity contribution in [2.45, 2.75) is 45.1 Å². The summed E-state index contributed by atoms with van der Waals surface area (Å²) in [6, 6.07) is 6.92. The van der Waals surface area contributed by atoms with Gasteiger partial charge >= 0.3 is 0 Å². The van der Waals surface area contributed by atoms with Crippen LogP contribution in [0.25, 0.3) is 6.08 Å². The lowest BCUT2D eigenvalue weighted by Crippen LogP contribution is -2.47. The molecule has 5 heteroatoms. The fraction of sp³-hybridized carbons (Fsp3) is 0.500. The topological polar surface area (TPSA) is 58.6 Å². The quantitative estimate of drug-likeness (QED) is 0.836. The van der Waals surface area contributed by atoms with Crippen molar-refractivity contribution in [3.05, 3.63) is 35.9 Å². The summed E-state index contributed by atoms with van der Waals surface area (Å²) >= 11 is 0. The van der Waals surface area contributed by atoms with Crippen LogP contribution in [0.2, 0.25) is 0 Å². The third kappa shape index (κ3) is 6.25. The Balaban J connectivity index is 1.85. The Hall–Kier alpha value is -2.30. The number of rotatable bonds is 5. The first-order valence-electron chi connectivity index (χ1n) is 9.01. The molecule has 1 N–H and O–H groups in total. The fourth-order valence-electron chi connectivity index (χ4n) is 2.95. The molecule has 0 aliphatic carbocycles. The van der Waals surface area contributed by atoms with Gasteiger partial charge in [-0.3, -0.25) is 9.59 Å². The standard InChI is InChI=1S/C20H28N2O3/c1-16(20(24)22-14-6-4-3-5-7-15-22)21-19(23)13-10-17-8-11-18(25-2)12-9-17/h8-13,16H,3-7,14-15H2,1-2H3,(H,21,23)/b13-10+. The second-order valence-corrected chi connectivity index (χ2v) is 6.43. The highest BCUT2D eigenvalue weighted by atomic mass is 16.5. The first-order valence-corrected chi connectivity index (χ1v) is 9.01. The van der Waals surface area contributed by atoms with E-state index in [1.165, 1.54) is 25.3 Å². The number of likely N-dealkylation sites (tertiary alicyclic amines) is 1. The average molecular weight is 344 g/mol. The molecule has 25 heavy (non-hydrogen) atoms. The van der Waals surface area contributed by atoms with Gasteiger partial charge in [-0.1, -0.05) is 31.4 Å². The zero-order chi connectivity index (χ0) is 18.1. The largest absolute Gasteiger partial charge is 0.497 e. The van der Waals surface area contributed by atoms with Crippen LogP contribution in [0.3, 0.4) is 0 Å². The van der Waals surface area contributed by atoms with E-state index in [0.717, 1.165) is 37.2 Å². The Labute approximate surface area is 150 Å². The van der Waals surface area contributed by atoms with Gasteiger partial charge in [0.25, 0.3) is 0 Å². The molecule has 0 radical (unpaired) electrons. The van der Waals surface area contributed by atoms with Gasteiger partial charge in [0.2, 0.25) is 11.8 Å². The molecule has 1 atom stereocenters. The lowest BCUT2D eigenvalue weighted by atomic mass is 10.1. The number of ether oxygens (including phenoxy) is 1.